The second-order valence-corrected chi connectivity index (χ2v) is 7.49. The SMILES string of the molecule is O=C1c2cccc3cc([N+](=O)[O-])cc(c23)C(=O)N1c1ccc(S(=O)(=O)O)cc1. The summed E-state index contributed by atoms with van der Waals surface area (Å²) >= 11 is 0. The number of non-ortho nitro benzene ring substituents is 1. The Morgan fingerprint density at radius 1 is 0.929 bits per heavy atom. The Hall–Kier alpha value is -3.63. The monoisotopic (exact) mass is 398 g/mol. The molecule has 9 nitrogen and oxygen atoms in total. The molecule has 0 unspecified atom stereocenters. The van der Waals surface area contributed by atoms with E-state index in [1.165, 1.54) is 24.3 Å². The molecule has 3 aromatic rings. The van der Waals surface area contributed by atoms with Gasteiger partial charge in [-0.3, -0.25) is 24.3 Å². The Morgan fingerprint density at radius 2 is 1.57 bits per heavy atom. The molecule has 0 radical (unpaired) electrons. The van der Waals surface area contributed by atoms with Crippen molar-refractivity contribution in [1.82, 2.24) is 0 Å². The summed E-state index contributed by atoms with van der Waals surface area (Å²) in [4.78, 5) is 36.9. The maximum atomic E-state index is 13.0. The largest absolute Gasteiger partial charge is 0.294 e. The van der Waals surface area contributed by atoms with Gasteiger partial charge in [0.1, 0.15) is 0 Å². The highest BCUT2D eigenvalue weighted by Gasteiger charge is 2.35. The van der Waals surface area contributed by atoms with Crippen LogP contribution in [0.2, 0.25) is 0 Å². The van der Waals surface area contributed by atoms with Crippen LogP contribution in [0.3, 0.4) is 0 Å². The van der Waals surface area contributed by atoms with Crippen LogP contribution in [-0.2, 0) is 10.1 Å². The van der Waals surface area contributed by atoms with Crippen LogP contribution in [-0.4, -0.2) is 29.7 Å². The summed E-state index contributed by atoms with van der Waals surface area (Å²) in [6.07, 6.45) is 0. The fourth-order valence-corrected chi connectivity index (χ4v) is 3.68. The molecule has 2 amide bonds. The minimum atomic E-state index is -4.44. The fraction of sp³-hybridized carbons (Fsp3) is 0. The number of anilines is 1. The van der Waals surface area contributed by atoms with Gasteiger partial charge in [-0.25, -0.2) is 4.90 Å². The van der Waals surface area contributed by atoms with E-state index in [2.05, 4.69) is 0 Å². The molecule has 1 aliphatic heterocycles. The summed E-state index contributed by atoms with van der Waals surface area (Å²) in [5, 5.41) is 11.9. The van der Waals surface area contributed by atoms with Gasteiger partial charge in [-0.1, -0.05) is 12.1 Å². The lowest BCUT2D eigenvalue weighted by Gasteiger charge is -2.27. The van der Waals surface area contributed by atoms with E-state index >= 15 is 0 Å². The number of imide groups is 1. The maximum Gasteiger partial charge on any atom is 0.294 e. The number of nitrogens with zero attached hydrogens (tertiary/aromatic N) is 2. The molecule has 0 bridgehead atoms. The van der Waals surface area contributed by atoms with Crippen LogP contribution in [0.5, 0.6) is 0 Å². The Labute approximate surface area is 157 Å². The van der Waals surface area contributed by atoms with Gasteiger partial charge in [-0.15, -0.1) is 0 Å². The first-order valence-corrected chi connectivity index (χ1v) is 9.30. The summed E-state index contributed by atoms with van der Waals surface area (Å²) in [5.41, 5.74) is -0.0281. The number of hydrogen-bond donors (Lipinski definition) is 1. The van der Waals surface area contributed by atoms with Crippen LogP contribution in [0.4, 0.5) is 11.4 Å². The van der Waals surface area contributed by atoms with Gasteiger partial charge in [0.15, 0.2) is 0 Å². The minimum Gasteiger partial charge on any atom is -0.282 e. The highest BCUT2D eigenvalue weighted by atomic mass is 32.2. The summed E-state index contributed by atoms with van der Waals surface area (Å²) < 4.78 is 31.4. The average Bonchev–Trinajstić information content (AvgIpc) is 2.65. The number of rotatable bonds is 3. The number of benzene rings is 3. The predicted molar refractivity (Wildman–Crippen MR) is 98.0 cm³/mol. The Kier molecular flexibility index (Phi) is 3.77. The van der Waals surface area contributed by atoms with E-state index in [0.29, 0.717) is 10.8 Å². The molecule has 0 fully saturated rings. The zero-order valence-electron chi connectivity index (χ0n) is 13.9. The molecule has 28 heavy (non-hydrogen) atoms. The Balaban J connectivity index is 1.92. The molecule has 0 saturated carbocycles. The van der Waals surface area contributed by atoms with E-state index in [4.69, 9.17) is 4.55 Å². The summed E-state index contributed by atoms with van der Waals surface area (Å²) in [6.45, 7) is 0. The lowest BCUT2D eigenvalue weighted by atomic mass is 9.93. The summed E-state index contributed by atoms with van der Waals surface area (Å²) in [6, 6.07) is 11.5. The number of nitro groups is 1. The zero-order valence-corrected chi connectivity index (χ0v) is 14.7. The summed E-state index contributed by atoms with van der Waals surface area (Å²) in [5.74, 6) is -1.41. The molecule has 0 spiro atoms. The Bertz CT molecular complexity index is 1300. The minimum absolute atomic E-state index is 0.00161. The Morgan fingerprint density at radius 3 is 2.18 bits per heavy atom. The molecule has 0 saturated heterocycles. The molecule has 3 aromatic carbocycles. The lowest BCUT2D eigenvalue weighted by molar-refractivity contribution is -0.384. The first kappa shape index (κ1) is 17.8. The molecular formula is C18H10N2O7S. The van der Waals surface area contributed by atoms with E-state index in [9.17, 15) is 28.1 Å². The number of hydrogen-bond acceptors (Lipinski definition) is 6. The normalized spacial score (nSPS) is 13.8. The van der Waals surface area contributed by atoms with Crippen LogP contribution in [0.1, 0.15) is 20.7 Å². The second-order valence-electron chi connectivity index (χ2n) is 6.07. The highest BCUT2D eigenvalue weighted by molar-refractivity contribution is 7.85. The summed E-state index contributed by atoms with van der Waals surface area (Å²) in [7, 11) is -4.44. The fourth-order valence-electron chi connectivity index (χ4n) is 3.20. The van der Waals surface area contributed by atoms with Crippen molar-refractivity contribution in [2.75, 3.05) is 4.90 Å². The van der Waals surface area contributed by atoms with Gasteiger partial charge in [-0.2, -0.15) is 8.42 Å². The van der Waals surface area contributed by atoms with E-state index in [0.717, 1.165) is 23.1 Å². The van der Waals surface area contributed by atoms with Crippen LogP contribution < -0.4 is 4.90 Å². The standard InChI is InChI=1S/C18H10N2O7S/c21-17-14-3-1-2-10-8-12(20(23)24)9-15(16(10)14)18(22)19(17)11-4-6-13(7-5-11)28(25,26)27/h1-9H,(H,25,26,27). The van der Waals surface area contributed by atoms with Gasteiger partial charge < -0.3 is 0 Å². The number of carbonyl (C=O) groups is 2. The van der Waals surface area contributed by atoms with Gasteiger partial charge in [0.2, 0.25) is 0 Å². The molecule has 140 valence electrons. The molecule has 0 aromatic heterocycles. The first-order valence-electron chi connectivity index (χ1n) is 7.86. The number of carbonyl (C=O) groups excluding carboxylic acids is 2. The van der Waals surface area contributed by atoms with Crippen LogP contribution in [0.15, 0.2) is 59.5 Å². The van der Waals surface area contributed by atoms with Gasteiger partial charge in [-0.05, 0) is 35.7 Å². The van der Waals surface area contributed by atoms with Crippen molar-refractivity contribution in [3.63, 3.8) is 0 Å². The molecule has 0 aliphatic carbocycles. The third-order valence-corrected chi connectivity index (χ3v) is 5.30. The smallest absolute Gasteiger partial charge is 0.282 e. The molecule has 0 atom stereocenters. The van der Waals surface area contributed by atoms with E-state index in [1.54, 1.807) is 12.1 Å². The third kappa shape index (κ3) is 2.63. The molecule has 1 heterocycles. The van der Waals surface area contributed by atoms with Gasteiger partial charge >= 0.3 is 0 Å². The van der Waals surface area contributed by atoms with Crippen molar-refractivity contribution in [1.29, 1.82) is 0 Å². The third-order valence-electron chi connectivity index (χ3n) is 4.43. The molecule has 1 N–H and O–H groups in total. The van der Waals surface area contributed by atoms with Crippen molar-refractivity contribution in [2.24, 2.45) is 0 Å². The van der Waals surface area contributed by atoms with Crippen molar-refractivity contribution in [2.45, 2.75) is 4.90 Å². The molecule has 10 heteroatoms. The van der Waals surface area contributed by atoms with Gasteiger partial charge in [0, 0.05) is 23.1 Å². The quantitative estimate of drug-likeness (QED) is 0.310. The predicted octanol–water partition coefficient (Wildman–Crippen LogP) is 2.80. The second kappa shape index (κ2) is 5.94. The lowest BCUT2D eigenvalue weighted by Crippen LogP contribution is -2.40. The van der Waals surface area contributed by atoms with E-state index in [-0.39, 0.29) is 22.5 Å². The van der Waals surface area contributed by atoms with Gasteiger partial charge in [0.05, 0.1) is 21.1 Å². The molecule has 4 rings (SSSR count). The average molecular weight is 398 g/mol. The molecular weight excluding hydrogens is 388 g/mol. The van der Waals surface area contributed by atoms with Crippen molar-refractivity contribution in [3.05, 3.63) is 75.8 Å². The van der Waals surface area contributed by atoms with E-state index < -0.39 is 31.8 Å². The van der Waals surface area contributed by atoms with Crippen LogP contribution >= 0.6 is 0 Å². The number of amides is 2. The maximum absolute atomic E-state index is 13.0. The topological polar surface area (TPSA) is 135 Å². The van der Waals surface area contributed by atoms with Crippen molar-refractivity contribution < 1.29 is 27.5 Å². The first-order chi connectivity index (χ1) is 13.2. The van der Waals surface area contributed by atoms with Crippen LogP contribution in [0.25, 0.3) is 10.8 Å². The molecule has 1 aliphatic rings. The van der Waals surface area contributed by atoms with Crippen molar-refractivity contribution >= 4 is 44.1 Å². The van der Waals surface area contributed by atoms with Crippen LogP contribution in [0, 0.1) is 10.1 Å². The zero-order chi connectivity index (χ0) is 20.2. The van der Waals surface area contributed by atoms with Crippen molar-refractivity contribution in [3.8, 4) is 0 Å². The van der Waals surface area contributed by atoms with E-state index in [1.807, 2.05) is 0 Å². The highest BCUT2D eigenvalue weighted by Crippen LogP contribution is 2.35. The number of nitro benzene ring substituents is 1. The van der Waals surface area contributed by atoms with Gasteiger partial charge in [0.25, 0.3) is 27.6 Å².